The van der Waals surface area contributed by atoms with Gasteiger partial charge in [-0.2, -0.15) is 0 Å². The van der Waals surface area contributed by atoms with Crippen LogP contribution in [0.25, 0.3) is 0 Å². The van der Waals surface area contributed by atoms with Gasteiger partial charge in [0.25, 0.3) is 0 Å². The minimum atomic E-state index is -0.462. The van der Waals surface area contributed by atoms with Crippen molar-refractivity contribution >= 4 is 11.6 Å². The molecule has 0 saturated heterocycles. The molecule has 1 aromatic rings. The van der Waals surface area contributed by atoms with E-state index in [-0.39, 0.29) is 0 Å². The third-order valence-electron chi connectivity index (χ3n) is 2.61. The van der Waals surface area contributed by atoms with Gasteiger partial charge in [0.2, 0.25) is 0 Å². The summed E-state index contributed by atoms with van der Waals surface area (Å²) in [5.41, 5.74) is 6.77. The smallest absolute Gasteiger partial charge is 0.134 e. The molecule has 0 bridgehead atoms. The summed E-state index contributed by atoms with van der Waals surface area (Å²) < 4.78 is 4.86. The lowest BCUT2D eigenvalue weighted by Crippen LogP contribution is -2.19. The van der Waals surface area contributed by atoms with Crippen molar-refractivity contribution in [2.45, 2.75) is 32.3 Å². The summed E-state index contributed by atoms with van der Waals surface area (Å²) >= 11 is 0. The minimum absolute atomic E-state index is 0.343. The van der Waals surface area contributed by atoms with Crippen LogP contribution in [0.1, 0.15) is 25.3 Å². The molecular formula is C12H22N4O2. The number of aromatic nitrogens is 2. The summed E-state index contributed by atoms with van der Waals surface area (Å²) in [7, 11) is 1.57. The number of hydrogen-bond acceptors (Lipinski definition) is 6. The maximum Gasteiger partial charge on any atom is 0.134 e. The Bertz CT molecular complexity index is 360. The maximum atomic E-state index is 9.53. The second-order valence-electron chi connectivity index (χ2n) is 4.16. The number of ether oxygens (including phenoxy) is 1. The van der Waals surface area contributed by atoms with Gasteiger partial charge in [0, 0.05) is 19.2 Å². The Morgan fingerprint density at radius 1 is 1.50 bits per heavy atom. The van der Waals surface area contributed by atoms with Gasteiger partial charge in [-0.3, -0.25) is 0 Å². The number of rotatable bonds is 8. The number of aliphatic hydroxyl groups excluding tert-OH is 1. The van der Waals surface area contributed by atoms with E-state index >= 15 is 0 Å². The number of nitrogens with zero attached hydrogens (tertiary/aromatic N) is 2. The van der Waals surface area contributed by atoms with Gasteiger partial charge >= 0.3 is 0 Å². The number of aliphatic hydroxyl groups is 1. The lowest BCUT2D eigenvalue weighted by molar-refractivity contribution is 0.0615. The molecule has 0 aliphatic carbocycles. The lowest BCUT2D eigenvalue weighted by Gasteiger charge is -2.13. The maximum absolute atomic E-state index is 9.53. The molecule has 0 aliphatic heterocycles. The first kappa shape index (κ1) is 14.7. The third kappa shape index (κ3) is 4.46. The SMILES string of the molecule is CCCc1c(N)ncnc1NCCC(O)COC. The van der Waals surface area contributed by atoms with Crippen LogP contribution >= 0.6 is 0 Å². The molecule has 1 heterocycles. The van der Waals surface area contributed by atoms with Gasteiger partial charge in [0.05, 0.1) is 12.7 Å². The van der Waals surface area contributed by atoms with Gasteiger partial charge in [-0.1, -0.05) is 13.3 Å². The quantitative estimate of drug-likeness (QED) is 0.636. The standard InChI is InChI=1S/C12H22N4O2/c1-3-4-10-11(13)15-8-16-12(10)14-6-5-9(17)7-18-2/h8-9,17H,3-7H2,1-2H3,(H3,13,14,15,16). The van der Waals surface area contributed by atoms with Crippen LogP contribution < -0.4 is 11.1 Å². The first-order chi connectivity index (χ1) is 8.69. The number of methoxy groups -OCH3 is 1. The average Bonchev–Trinajstić information content (AvgIpc) is 2.34. The second kappa shape index (κ2) is 7.84. The topological polar surface area (TPSA) is 93.3 Å². The summed E-state index contributed by atoms with van der Waals surface area (Å²) in [6.07, 6.45) is 3.41. The molecule has 1 atom stereocenters. The van der Waals surface area contributed by atoms with E-state index in [9.17, 15) is 5.11 Å². The normalized spacial score (nSPS) is 12.4. The van der Waals surface area contributed by atoms with E-state index in [0.29, 0.717) is 25.4 Å². The molecular weight excluding hydrogens is 232 g/mol. The van der Waals surface area contributed by atoms with Crippen molar-refractivity contribution in [3.63, 3.8) is 0 Å². The number of nitrogens with one attached hydrogen (secondary N) is 1. The summed E-state index contributed by atoms with van der Waals surface area (Å²) in [6, 6.07) is 0. The zero-order valence-electron chi connectivity index (χ0n) is 11.0. The molecule has 4 N–H and O–H groups in total. The fourth-order valence-electron chi connectivity index (χ4n) is 1.71. The molecule has 0 radical (unpaired) electrons. The van der Waals surface area contributed by atoms with Crippen molar-refractivity contribution in [1.82, 2.24) is 9.97 Å². The number of nitrogens with two attached hydrogens (primary N) is 1. The summed E-state index contributed by atoms with van der Waals surface area (Å²) in [5, 5.41) is 12.7. The van der Waals surface area contributed by atoms with Crippen LogP contribution in [0.15, 0.2) is 6.33 Å². The molecule has 0 aromatic carbocycles. The number of hydrogen-bond donors (Lipinski definition) is 3. The summed E-state index contributed by atoms with van der Waals surface area (Å²) in [4.78, 5) is 8.17. The van der Waals surface area contributed by atoms with Crippen LogP contribution in [0.5, 0.6) is 0 Å². The van der Waals surface area contributed by atoms with E-state index in [1.54, 1.807) is 7.11 Å². The van der Waals surface area contributed by atoms with Crippen LogP contribution in [0.3, 0.4) is 0 Å². The first-order valence-electron chi connectivity index (χ1n) is 6.19. The Balaban J connectivity index is 2.53. The van der Waals surface area contributed by atoms with Crippen molar-refractivity contribution in [3.8, 4) is 0 Å². The van der Waals surface area contributed by atoms with Crippen LogP contribution in [0.4, 0.5) is 11.6 Å². The second-order valence-corrected chi connectivity index (χ2v) is 4.16. The van der Waals surface area contributed by atoms with Crippen molar-refractivity contribution in [3.05, 3.63) is 11.9 Å². The monoisotopic (exact) mass is 254 g/mol. The Hall–Kier alpha value is -1.40. The molecule has 0 spiro atoms. The van der Waals surface area contributed by atoms with E-state index in [4.69, 9.17) is 10.5 Å². The Labute approximate surface area is 108 Å². The zero-order valence-corrected chi connectivity index (χ0v) is 11.0. The molecule has 1 aromatic heterocycles. The molecule has 6 heteroatoms. The highest BCUT2D eigenvalue weighted by molar-refractivity contribution is 5.54. The van der Waals surface area contributed by atoms with E-state index in [2.05, 4.69) is 22.2 Å². The van der Waals surface area contributed by atoms with Crippen molar-refractivity contribution in [2.24, 2.45) is 0 Å². The van der Waals surface area contributed by atoms with Crippen molar-refractivity contribution < 1.29 is 9.84 Å². The third-order valence-corrected chi connectivity index (χ3v) is 2.61. The van der Waals surface area contributed by atoms with E-state index < -0.39 is 6.10 Å². The molecule has 0 aliphatic rings. The minimum Gasteiger partial charge on any atom is -0.391 e. The van der Waals surface area contributed by atoms with Crippen LogP contribution in [-0.4, -0.2) is 41.4 Å². The van der Waals surface area contributed by atoms with Gasteiger partial charge < -0.3 is 20.9 Å². The van der Waals surface area contributed by atoms with Gasteiger partial charge in [-0.25, -0.2) is 9.97 Å². The fourth-order valence-corrected chi connectivity index (χ4v) is 1.71. The first-order valence-corrected chi connectivity index (χ1v) is 6.19. The Kier molecular flexibility index (Phi) is 6.38. The fraction of sp³-hybridized carbons (Fsp3) is 0.667. The Morgan fingerprint density at radius 3 is 2.94 bits per heavy atom. The van der Waals surface area contributed by atoms with Gasteiger partial charge in [-0.05, 0) is 12.8 Å². The van der Waals surface area contributed by atoms with Gasteiger partial charge in [-0.15, -0.1) is 0 Å². The van der Waals surface area contributed by atoms with Crippen molar-refractivity contribution in [1.29, 1.82) is 0 Å². The number of nitrogen functional groups attached to an aromatic ring is 1. The number of anilines is 2. The van der Waals surface area contributed by atoms with Crippen LogP contribution in [0.2, 0.25) is 0 Å². The molecule has 6 nitrogen and oxygen atoms in total. The zero-order chi connectivity index (χ0) is 13.4. The van der Waals surface area contributed by atoms with Crippen LogP contribution in [0, 0.1) is 0 Å². The molecule has 18 heavy (non-hydrogen) atoms. The van der Waals surface area contributed by atoms with E-state index in [1.807, 2.05) is 0 Å². The molecule has 1 rings (SSSR count). The average molecular weight is 254 g/mol. The molecule has 0 amide bonds. The van der Waals surface area contributed by atoms with E-state index in [0.717, 1.165) is 24.2 Å². The largest absolute Gasteiger partial charge is 0.391 e. The molecule has 102 valence electrons. The molecule has 0 saturated carbocycles. The molecule has 1 unspecified atom stereocenters. The highest BCUT2D eigenvalue weighted by Crippen LogP contribution is 2.18. The lowest BCUT2D eigenvalue weighted by atomic mass is 10.1. The highest BCUT2D eigenvalue weighted by Gasteiger charge is 2.09. The van der Waals surface area contributed by atoms with E-state index in [1.165, 1.54) is 6.33 Å². The predicted molar refractivity (Wildman–Crippen MR) is 71.4 cm³/mol. The van der Waals surface area contributed by atoms with Crippen LogP contribution in [-0.2, 0) is 11.2 Å². The van der Waals surface area contributed by atoms with Crippen molar-refractivity contribution in [2.75, 3.05) is 31.3 Å². The Morgan fingerprint density at radius 2 is 2.28 bits per heavy atom. The van der Waals surface area contributed by atoms with Gasteiger partial charge in [0.15, 0.2) is 0 Å². The summed E-state index contributed by atoms with van der Waals surface area (Å²) in [6.45, 7) is 3.05. The summed E-state index contributed by atoms with van der Waals surface area (Å²) in [5.74, 6) is 1.28. The predicted octanol–water partition coefficient (Wildman–Crippen LogP) is 0.821. The van der Waals surface area contributed by atoms with Gasteiger partial charge in [0.1, 0.15) is 18.0 Å². The molecule has 0 fully saturated rings. The highest BCUT2D eigenvalue weighted by atomic mass is 16.5.